The number of aromatic nitrogens is 1. The fourth-order valence-corrected chi connectivity index (χ4v) is 3.80. The molecule has 3 nitrogen and oxygen atoms in total. The molecule has 0 saturated carbocycles. The molecule has 0 atom stereocenters. The van der Waals surface area contributed by atoms with Crippen molar-refractivity contribution in [2.45, 2.75) is 26.9 Å². The predicted octanol–water partition coefficient (Wildman–Crippen LogP) is 3.88. The van der Waals surface area contributed by atoms with Gasteiger partial charge in [0.25, 0.3) is 0 Å². The zero-order valence-corrected chi connectivity index (χ0v) is 14.7. The summed E-state index contributed by atoms with van der Waals surface area (Å²) in [6.07, 6.45) is 0. The van der Waals surface area contributed by atoms with E-state index in [1.54, 1.807) is 11.3 Å². The van der Waals surface area contributed by atoms with E-state index in [0.29, 0.717) is 0 Å². The standard InChI is InChI=1S/C15H20BrN3S/c1-10-5-11(2)18-15(14(10)7-17-3)19(4)8-13-6-12(16)9-20-13/h5-6,9,17H,7-8H2,1-4H3. The second kappa shape index (κ2) is 6.70. The summed E-state index contributed by atoms with van der Waals surface area (Å²) < 4.78 is 1.15. The molecule has 0 unspecified atom stereocenters. The number of hydrogen-bond acceptors (Lipinski definition) is 4. The molecule has 0 bridgehead atoms. The van der Waals surface area contributed by atoms with Crippen molar-refractivity contribution in [1.29, 1.82) is 0 Å². The molecule has 20 heavy (non-hydrogen) atoms. The van der Waals surface area contributed by atoms with E-state index in [1.165, 1.54) is 16.0 Å². The zero-order valence-electron chi connectivity index (χ0n) is 12.3. The minimum atomic E-state index is 0.840. The van der Waals surface area contributed by atoms with Gasteiger partial charge in [-0.15, -0.1) is 11.3 Å². The monoisotopic (exact) mass is 353 g/mol. The van der Waals surface area contributed by atoms with Crippen LogP contribution in [0, 0.1) is 13.8 Å². The van der Waals surface area contributed by atoms with Gasteiger partial charge in [-0.2, -0.15) is 0 Å². The molecule has 2 heterocycles. The Hall–Kier alpha value is -0.910. The minimum Gasteiger partial charge on any atom is -0.354 e. The van der Waals surface area contributed by atoms with Crippen molar-refractivity contribution in [2.24, 2.45) is 0 Å². The normalized spacial score (nSPS) is 10.8. The Morgan fingerprint density at radius 2 is 2.10 bits per heavy atom. The fraction of sp³-hybridized carbons (Fsp3) is 0.400. The molecule has 5 heteroatoms. The summed E-state index contributed by atoms with van der Waals surface area (Å²) in [5.74, 6) is 1.07. The Labute approximate surface area is 133 Å². The lowest BCUT2D eigenvalue weighted by molar-refractivity contribution is 0.788. The number of pyridine rings is 1. The maximum Gasteiger partial charge on any atom is 0.133 e. The molecule has 108 valence electrons. The third kappa shape index (κ3) is 3.59. The Bertz CT molecular complexity index is 595. The molecule has 2 aromatic heterocycles. The average molecular weight is 354 g/mol. The lowest BCUT2D eigenvalue weighted by Crippen LogP contribution is -2.21. The molecule has 0 spiro atoms. The predicted molar refractivity (Wildman–Crippen MR) is 90.6 cm³/mol. The van der Waals surface area contributed by atoms with Crippen molar-refractivity contribution in [2.75, 3.05) is 19.0 Å². The van der Waals surface area contributed by atoms with E-state index in [0.717, 1.165) is 29.1 Å². The zero-order chi connectivity index (χ0) is 14.7. The SMILES string of the molecule is CNCc1c(C)cc(C)nc1N(C)Cc1cc(Br)cs1. The van der Waals surface area contributed by atoms with Crippen LogP contribution in [-0.4, -0.2) is 19.1 Å². The van der Waals surface area contributed by atoms with Crippen molar-refractivity contribution in [1.82, 2.24) is 10.3 Å². The highest BCUT2D eigenvalue weighted by atomic mass is 79.9. The van der Waals surface area contributed by atoms with Gasteiger partial charge in [-0.25, -0.2) is 4.98 Å². The topological polar surface area (TPSA) is 28.2 Å². The van der Waals surface area contributed by atoms with Gasteiger partial charge in [-0.3, -0.25) is 0 Å². The van der Waals surface area contributed by atoms with Gasteiger partial charge in [0.05, 0.1) is 6.54 Å². The lowest BCUT2D eigenvalue weighted by atomic mass is 10.1. The third-order valence-corrected chi connectivity index (χ3v) is 4.87. The highest BCUT2D eigenvalue weighted by Gasteiger charge is 2.13. The summed E-state index contributed by atoms with van der Waals surface area (Å²) in [7, 11) is 4.08. The summed E-state index contributed by atoms with van der Waals surface area (Å²) >= 11 is 5.28. The Balaban J connectivity index is 2.30. The molecule has 0 amide bonds. The maximum atomic E-state index is 4.73. The average Bonchev–Trinajstić information content (AvgIpc) is 2.77. The Morgan fingerprint density at radius 1 is 1.35 bits per heavy atom. The van der Waals surface area contributed by atoms with Gasteiger partial charge in [0.15, 0.2) is 0 Å². The first-order valence-corrected chi connectivity index (χ1v) is 8.24. The molecule has 1 N–H and O–H groups in total. The number of thiophene rings is 1. The Kier molecular flexibility index (Phi) is 5.18. The molecular weight excluding hydrogens is 334 g/mol. The van der Waals surface area contributed by atoms with Gasteiger partial charge in [0.2, 0.25) is 0 Å². The van der Waals surface area contributed by atoms with E-state index in [4.69, 9.17) is 4.98 Å². The van der Waals surface area contributed by atoms with E-state index in [2.05, 4.69) is 64.6 Å². The summed E-state index contributed by atoms with van der Waals surface area (Å²) in [6.45, 7) is 5.92. The molecule has 2 aromatic rings. The van der Waals surface area contributed by atoms with Crippen LogP contribution in [0.1, 0.15) is 21.7 Å². The maximum absolute atomic E-state index is 4.73. The van der Waals surface area contributed by atoms with Gasteiger partial charge in [-0.05, 0) is 54.5 Å². The second-order valence-electron chi connectivity index (χ2n) is 5.00. The fourth-order valence-electron chi connectivity index (χ4n) is 2.30. The van der Waals surface area contributed by atoms with Gasteiger partial charge in [0, 0.05) is 39.6 Å². The molecule has 0 radical (unpaired) electrons. The first-order valence-electron chi connectivity index (χ1n) is 6.57. The quantitative estimate of drug-likeness (QED) is 0.883. The third-order valence-electron chi connectivity index (χ3n) is 3.18. The van der Waals surface area contributed by atoms with E-state index in [-0.39, 0.29) is 0 Å². The van der Waals surface area contributed by atoms with E-state index in [9.17, 15) is 0 Å². The number of anilines is 1. The number of nitrogens with zero attached hydrogens (tertiary/aromatic N) is 2. The second-order valence-corrected chi connectivity index (χ2v) is 6.91. The molecule has 0 aliphatic rings. The minimum absolute atomic E-state index is 0.840. The van der Waals surface area contributed by atoms with Crippen LogP contribution < -0.4 is 10.2 Å². The molecule has 0 aliphatic carbocycles. The Morgan fingerprint density at radius 3 is 2.70 bits per heavy atom. The number of halogens is 1. The van der Waals surface area contributed by atoms with E-state index in [1.807, 2.05) is 7.05 Å². The number of nitrogens with one attached hydrogen (secondary N) is 1. The first-order chi connectivity index (χ1) is 9.51. The van der Waals surface area contributed by atoms with E-state index >= 15 is 0 Å². The molecular formula is C15H20BrN3S. The van der Waals surface area contributed by atoms with Gasteiger partial charge >= 0.3 is 0 Å². The van der Waals surface area contributed by atoms with Crippen LogP contribution in [0.25, 0.3) is 0 Å². The highest BCUT2D eigenvalue weighted by Crippen LogP contribution is 2.26. The van der Waals surface area contributed by atoms with Crippen molar-refractivity contribution < 1.29 is 0 Å². The van der Waals surface area contributed by atoms with Gasteiger partial charge in [0.1, 0.15) is 5.82 Å². The molecule has 0 fully saturated rings. The van der Waals surface area contributed by atoms with Crippen molar-refractivity contribution in [3.05, 3.63) is 43.7 Å². The summed E-state index contributed by atoms with van der Waals surface area (Å²) in [6, 6.07) is 4.31. The van der Waals surface area contributed by atoms with Crippen LogP contribution in [0.2, 0.25) is 0 Å². The van der Waals surface area contributed by atoms with Crippen LogP contribution >= 0.6 is 27.3 Å². The van der Waals surface area contributed by atoms with Crippen molar-refractivity contribution in [3.63, 3.8) is 0 Å². The number of rotatable bonds is 5. The van der Waals surface area contributed by atoms with Crippen LogP contribution in [0.5, 0.6) is 0 Å². The molecule has 0 saturated heterocycles. The van der Waals surface area contributed by atoms with Gasteiger partial charge in [-0.1, -0.05) is 0 Å². The van der Waals surface area contributed by atoms with E-state index < -0.39 is 0 Å². The van der Waals surface area contributed by atoms with Crippen LogP contribution in [0.3, 0.4) is 0 Å². The number of hydrogen-bond donors (Lipinski definition) is 1. The molecule has 0 aromatic carbocycles. The summed E-state index contributed by atoms with van der Waals surface area (Å²) in [5.41, 5.74) is 3.63. The van der Waals surface area contributed by atoms with Gasteiger partial charge < -0.3 is 10.2 Å². The highest BCUT2D eigenvalue weighted by molar-refractivity contribution is 9.10. The van der Waals surface area contributed by atoms with Crippen LogP contribution in [-0.2, 0) is 13.1 Å². The van der Waals surface area contributed by atoms with Crippen LogP contribution in [0.15, 0.2) is 22.0 Å². The molecule has 0 aliphatic heterocycles. The lowest BCUT2D eigenvalue weighted by Gasteiger charge is -2.22. The molecule has 2 rings (SSSR count). The number of aryl methyl sites for hydroxylation is 2. The van der Waals surface area contributed by atoms with Crippen LogP contribution in [0.4, 0.5) is 5.82 Å². The summed E-state index contributed by atoms with van der Waals surface area (Å²) in [5, 5.41) is 5.35. The largest absolute Gasteiger partial charge is 0.354 e. The van der Waals surface area contributed by atoms with Crippen molar-refractivity contribution >= 4 is 33.1 Å². The van der Waals surface area contributed by atoms with Crippen molar-refractivity contribution in [3.8, 4) is 0 Å². The first kappa shape index (κ1) is 15.5. The summed E-state index contributed by atoms with van der Waals surface area (Å²) in [4.78, 5) is 8.29. The smallest absolute Gasteiger partial charge is 0.133 e.